The molecular weight excluding hydrogens is 195 g/mol. The Bertz CT molecular complexity index is 446. The topological polar surface area (TPSA) is 26.0 Å². The van der Waals surface area contributed by atoms with Gasteiger partial charge in [-0.15, -0.1) is 0 Å². The Morgan fingerprint density at radius 1 is 1.29 bits per heavy atom. The van der Waals surface area contributed by atoms with Crippen molar-refractivity contribution in [3.05, 3.63) is 30.2 Å². The van der Waals surface area contributed by atoms with E-state index >= 15 is 0 Å². The molecule has 0 fully saturated rings. The molecule has 0 spiro atoms. The van der Waals surface area contributed by atoms with Crippen LogP contribution in [0, 0.1) is 0 Å². The van der Waals surface area contributed by atoms with Crippen molar-refractivity contribution in [1.29, 1.82) is 0 Å². The smallest absolute Gasteiger partial charge is 0.393 e. The van der Waals surface area contributed by atoms with Gasteiger partial charge in [0.2, 0.25) is 0 Å². The normalized spacial score (nSPS) is 12.2. The summed E-state index contributed by atoms with van der Waals surface area (Å²) in [5.41, 5.74) is 1.13. The molecule has 2 rings (SSSR count). The summed E-state index contributed by atoms with van der Waals surface area (Å²) in [6.07, 6.45) is -3.92. The molecule has 0 N–H and O–H groups in total. The number of alkyl halides is 3. The van der Waals surface area contributed by atoms with Crippen LogP contribution in [0.15, 0.2) is 29.0 Å². The van der Waals surface area contributed by atoms with Gasteiger partial charge in [-0.05, 0) is 17.7 Å². The number of nitrogens with zero attached hydrogens (tertiary/aromatic N) is 1. The van der Waals surface area contributed by atoms with Crippen molar-refractivity contribution >= 4 is 11.1 Å². The van der Waals surface area contributed by atoms with E-state index < -0.39 is 12.6 Å². The lowest BCUT2D eigenvalue weighted by atomic mass is 10.1. The molecule has 5 heteroatoms. The maximum absolute atomic E-state index is 12.0. The third kappa shape index (κ3) is 1.86. The van der Waals surface area contributed by atoms with Crippen molar-refractivity contribution < 1.29 is 17.6 Å². The highest BCUT2D eigenvalue weighted by Crippen LogP contribution is 2.23. The molecule has 14 heavy (non-hydrogen) atoms. The zero-order chi connectivity index (χ0) is 10.2. The SMILES string of the molecule is FC(F)(F)Cc1ccc2ncoc2c1. The Kier molecular flexibility index (Phi) is 1.94. The first-order chi connectivity index (χ1) is 6.54. The maximum atomic E-state index is 12.0. The van der Waals surface area contributed by atoms with Gasteiger partial charge in [-0.25, -0.2) is 4.98 Å². The number of aromatic nitrogens is 1. The fraction of sp³-hybridized carbons (Fsp3) is 0.222. The molecule has 0 atom stereocenters. The molecular formula is C9H6F3NO. The van der Waals surface area contributed by atoms with Gasteiger partial charge in [-0.2, -0.15) is 13.2 Å². The summed E-state index contributed by atoms with van der Waals surface area (Å²) in [6, 6.07) is 4.27. The molecule has 74 valence electrons. The molecule has 0 amide bonds. The third-order valence-corrected chi connectivity index (χ3v) is 1.80. The Labute approximate surface area is 77.4 Å². The minimum Gasteiger partial charge on any atom is -0.443 e. The van der Waals surface area contributed by atoms with Gasteiger partial charge in [0.1, 0.15) is 5.52 Å². The van der Waals surface area contributed by atoms with E-state index in [0.717, 1.165) is 0 Å². The summed E-state index contributed by atoms with van der Waals surface area (Å²) in [5, 5.41) is 0. The summed E-state index contributed by atoms with van der Waals surface area (Å²) < 4.78 is 41.0. The number of oxazole rings is 1. The van der Waals surface area contributed by atoms with Crippen molar-refractivity contribution in [2.24, 2.45) is 0 Å². The standard InChI is InChI=1S/C9H6F3NO/c10-9(11,12)4-6-1-2-7-8(3-6)14-5-13-7/h1-3,5H,4H2. The molecule has 1 heterocycles. The van der Waals surface area contributed by atoms with Gasteiger partial charge in [0.05, 0.1) is 6.42 Å². The molecule has 0 radical (unpaired) electrons. The average molecular weight is 201 g/mol. The first-order valence-corrected chi connectivity index (χ1v) is 3.93. The predicted octanol–water partition coefficient (Wildman–Crippen LogP) is 2.93. The molecule has 0 saturated heterocycles. The number of hydrogen-bond acceptors (Lipinski definition) is 2. The largest absolute Gasteiger partial charge is 0.443 e. The van der Waals surface area contributed by atoms with Crippen molar-refractivity contribution in [3.63, 3.8) is 0 Å². The zero-order valence-electron chi connectivity index (χ0n) is 7.01. The molecule has 1 aromatic carbocycles. The first kappa shape index (κ1) is 9.05. The second kappa shape index (κ2) is 3.01. The van der Waals surface area contributed by atoms with Gasteiger partial charge < -0.3 is 4.42 Å². The molecule has 2 aromatic rings. The number of rotatable bonds is 1. The van der Waals surface area contributed by atoms with Crippen LogP contribution in [0.1, 0.15) is 5.56 Å². The van der Waals surface area contributed by atoms with Crippen LogP contribution in [0.25, 0.3) is 11.1 Å². The second-order valence-electron chi connectivity index (χ2n) is 2.95. The van der Waals surface area contributed by atoms with Crippen LogP contribution in [0.4, 0.5) is 13.2 Å². The van der Waals surface area contributed by atoms with Crippen molar-refractivity contribution in [2.75, 3.05) is 0 Å². The Hall–Kier alpha value is -1.52. The molecule has 0 aliphatic rings. The number of benzene rings is 1. The minimum atomic E-state index is -4.19. The molecule has 0 unspecified atom stereocenters. The third-order valence-electron chi connectivity index (χ3n) is 1.80. The van der Waals surface area contributed by atoms with Crippen molar-refractivity contribution in [3.8, 4) is 0 Å². The van der Waals surface area contributed by atoms with E-state index in [9.17, 15) is 13.2 Å². The molecule has 0 bridgehead atoms. The van der Waals surface area contributed by atoms with Crippen LogP contribution >= 0.6 is 0 Å². The lowest BCUT2D eigenvalue weighted by molar-refractivity contribution is -0.127. The van der Waals surface area contributed by atoms with Crippen LogP contribution in [-0.2, 0) is 6.42 Å². The van der Waals surface area contributed by atoms with Gasteiger partial charge in [-0.3, -0.25) is 0 Å². The van der Waals surface area contributed by atoms with E-state index in [1.54, 1.807) is 0 Å². The summed E-state index contributed by atoms with van der Waals surface area (Å²) in [4.78, 5) is 3.81. The van der Waals surface area contributed by atoms with Crippen LogP contribution in [0.3, 0.4) is 0 Å². The summed E-state index contributed by atoms with van der Waals surface area (Å²) in [7, 11) is 0. The Balaban J connectivity index is 2.35. The quantitative estimate of drug-likeness (QED) is 0.708. The van der Waals surface area contributed by atoms with E-state index in [1.807, 2.05) is 0 Å². The van der Waals surface area contributed by atoms with Gasteiger partial charge in [0.15, 0.2) is 12.0 Å². The Morgan fingerprint density at radius 2 is 2.07 bits per heavy atom. The molecule has 1 aromatic heterocycles. The number of halogens is 3. The number of hydrogen-bond donors (Lipinski definition) is 0. The highest BCUT2D eigenvalue weighted by molar-refractivity contribution is 5.72. The number of fused-ring (bicyclic) bond motifs is 1. The Morgan fingerprint density at radius 3 is 2.79 bits per heavy atom. The van der Waals surface area contributed by atoms with E-state index in [4.69, 9.17) is 4.42 Å². The second-order valence-corrected chi connectivity index (χ2v) is 2.95. The van der Waals surface area contributed by atoms with Crippen LogP contribution in [0.2, 0.25) is 0 Å². The van der Waals surface area contributed by atoms with Gasteiger partial charge in [0, 0.05) is 0 Å². The van der Waals surface area contributed by atoms with Gasteiger partial charge in [0.25, 0.3) is 0 Å². The molecule has 0 aliphatic carbocycles. The predicted molar refractivity (Wildman–Crippen MR) is 43.8 cm³/mol. The highest BCUT2D eigenvalue weighted by Gasteiger charge is 2.27. The average Bonchev–Trinajstić information content (AvgIpc) is 2.47. The van der Waals surface area contributed by atoms with Crippen LogP contribution in [0.5, 0.6) is 0 Å². The van der Waals surface area contributed by atoms with Gasteiger partial charge in [-0.1, -0.05) is 6.07 Å². The summed E-state index contributed by atoms with van der Waals surface area (Å²) in [6.45, 7) is 0. The summed E-state index contributed by atoms with van der Waals surface area (Å²) in [5.74, 6) is 0. The van der Waals surface area contributed by atoms with Gasteiger partial charge >= 0.3 is 6.18 Å². The monoisotopic (exact) mass is 201 g/mol. The zero-order valence-corrected chi connectivity index (χ0v) is 7.01. The summed E-state index contributed by atoms with van der Waals surface area (Å²) >= 11 is 0. The van der Waals surface area contributed by atoms with E-state index in [1.165, 1.54) is 24.6 Å². The van der Waals surface area contributed by atoms with Crippen LogP contribution in [-0.4, -0.2) is 11.2 Å². The first-order valence-electron chi connectivity index (χ1n) is 3.93. The van der Waals surface area contributed by atoms with E-state index in [0.29, 0.717) is 11.1 Å². The molecule has 0 aliphatic heterocycles. The molecule has 2 nitrogen and oxygen atoms in total. The fourth-order valence-corrected chi connectivity index (χ4v) is 1.24. The molecule has 0 saturated carbocycles. The van der Waals surface area contributed by atoms with Crippen molar-refractivity contribution in [2.45, 2.75) is 12.6 Å². The van der Waals surface area contributed by atoms with Crippen molar-refractivity contribution in [1.82, 2.24) is 4.98 Å². The van der Waals surface area contributed by atoms with E-state index in [-0.39, 0.29) is 5.56 Å². The van der Waals surface area contributed by atoms with Crippen LogP contribution < -0.4 is 0 Å². The maximum Gasteiger partial charge on any atom is 0.393 e. The van der Waals surface area contributed by atoms with E-state index in [2.05, 4.69) is 4.98 Å². The minimum absolute atomic E-state index is 0.182. The highest BCUT2D eigenvalue weighted by atomic mass is 19.4. The fourth-order valence-electron chi connectivity index (χ4n) is 1.24. The lowest BCUT2D eigenvalue weighted by Gasteiger charge is -2.05. The lowest BCUT2D eigenvalue weighted by Crippen LogP contribution is -2.11.